The van der Waals surface area contributed by atoms with Gasteiger partial charge in [0.05, 0.1) is 19.3 Å². The van der Waals surface area contributed by atoms with Crippen molar-refractivity contribution in [1.29, 1.82) is 0 Å². The zero-order valence-electron chi connectivity index (χ0n) is 9.29. The summed E-state index contributed by atoms with van der Waals surface area (Å²) in [4.78, 5) is 2.17. The second-order valence-electron chi connectivity index (χ2n) is 3.93. The van der Waals surface area contributed by atoms with Gasteiger partial charge in [-0.2, -0.15) is 0 Å². The van der Waals surface area contributed by atoms with Gasteiger partial charge in [-0.05, 0) is 27.1 Å². The van der Waals surface area contributed by atoms with Gasteiger partial charge in [0.1, 0.15) is 0 Å². The fourth-order valence-electron chi connectivity index (χ4n) is 1.42. The van der Waals surface area contributed by atoms with E-state index in [9.17, 15) is 0 Å². The standard InChI is InChI=1S/C10H22N2O2/c1-12(2)5-3-6-13-9-10-8-11-4-7-14-10/h10-11H,3-9H2,1-2H3. The van der Waals surface area contributed by atoms with E-state index < -0.39 is 0 Å². The predicted molar refractivity (Wildman–Crippen MR) is 56.6 cm³/mol. The maximum atomic E-state index is 5.53. The first-order valence-corrected chi connectivity index (χ1v) is 5.34. The number of nitrogens with one attached hydrogen (secondary N) is 1. The van der Waals surface area contributed by atoms with Gasteiger partial charge in [0.2, 0.25) is 0 Å². The van der Waals surface area contributed by atoms with Crippen molar-refractivity contribution in [3.8, 4) is 0 Å². The molecule has 1 aliphatic heterocycles. The Morgan fingerprint density at radius 3 is 3.00 bits per heavy atom. The molecule has 0 radical (unpaired) electrons. The molecule has 0 saturated carbocycles. The van der Waals surface area contributed by atoms with Crippen LogP contribution in [0.5, 0.6) is 0 Å². The third-order valence-electron chi connectivity index (χ3n) is 2.20. The molecular weight excluding hydrogens is 180 g/mol. The van der Waals surface area contributed by atoms with Gasteiger partial charge >= 0.3 is 0 Å². The van der Waals surface area contributed by atoms with Crippen LogP contribution in [-0.2, 0) is 9.47 Å². The van der Waals surface area contributed by atoms with Gasteiger partial charge in [-0.1, -0.05) is 0 Å². The molecule has 0 aliphatic carbocycles. The van der Waals surface area contributed by atoms with Crippen LogP contribution in [-0.4, -0.2) is 64.6 Å². The second kappa shape index (κ2) is 7.17. The Kier molecular flexibility index (Phi) is 6.10. The fourth-order valence-corrected chi connectivity index (χ4v) is 1.42. The van der Waals surface area contributed by atoms with E-state index in [4.69, 9.17) is 9.47 Å². The molecule has 1 saturated heterocycles. The Morgan fingerprint density at radius 2 is 2.36 bits per heavy atom. The highest BCUT2D eigenvalue weighted by atomic mass is 16.5. The molecule has 1 heterocycles. The summed E-state index contributed by atoms with van der Waals surface area (Å²) in [6, 6.07) is 0. The molecular formula is C10H22N2O2. The molecule has 1 fully saturated rings. The van der Waals surface area contributed by atoms with Crippen molar-refractivity contribution >= 4 is 0 Å². The van der Waals surface area contributed by atoms with Crippen molar-refractivity contribution in [2.45, 2.75) is 12.5 Å². The number of nitrogens with zero attached hydrogens (tertiary/aromatic N) is 1. The zero-order chi connectivity index (χ0) is 10.2. The first-order chi connectivity index (χ1) is 6.79. The molecule has 1 aliphatic rings. The van der Waals surface area contributed by atoms with E-state index in [-0.39, 0.29) is 6.10 Å². The smallest absolute Gasteiger partial charge is 0.0933 e. The highest BCUT2D eigenvalue weighted by Gasteiger charge is 2.12. The van der Waals surface area contributed by atoms with Gasteiger partial charge in [0.15, 0.2) is 0 Å². The van der Waals surface area contributed by atoms with Crippen LogP contribution in [0.3, 0.4) is 0 Å². The monoisotopic (exact) mass is 202 g/mol. The summed E-state index contributed by atoms with van der Waals surface area (Å²) < 4.78 is 11.0. The van der Waals surface area contributed by atoms with Gasteiger partial charge in [-0.3, -0.25) is 0 Å². The lowest BCUT2D eigenvalue weighted by Crippen LogP contribution is -2.41. The van der Waals surface area contributed by atoms with Gasteiger partial charge in [0.25, 0.3) is 0 Å². The van der Waals surface area contributed by atoms with Crippen LogP contribution in [0.25, 0.3) is 0 Å². The summed E-state index contributed by atoms with van der Waals surface area (Å²) in [6.07, 6.45) is 1.34. The lowest BCUT2D eigenvalue weighted by Gasteiger charge is -2.23. The maximum absolute atomic E-state index is 5.53. The van der Waals surface area contributed by atoms with Crippen LogP contribution in [0.15, 0.2) is 0 Å². The largest absolute Gasteiger partial charge is 0.379 e. The third-order valence-corrected chi connectivity index (χ3v) is 2.20. The molecule has 1 rings (SSSR count). The predicted octanol–water partition coefficient (Wildman–Crippen LogP) is -0.0569. The molecule has 14 heavy (non-hydrogen) atoms. The topological polar surface area (TPSA) is 33.7 Å². The molecule has 0 bridgehead atoms. The van der Waals surface area contributed by atoms with Gasteiger partial charge in [-0.25, -0.2) is 0 Å². The Labute approximate surface area is 86.6 Å². The third kappa shape index (κ3) is 5.54. The number of morpholine rings is 1. The zero-order valence-corrected chi connectivity index (χ0v) is 9.29. The Morgan fingerprint density at radius 1 is 1.50 bits per heavy atom. The number of ether oxygens (including phenoxy) is 2. The highest BCUT2D eigenvalue weighted by Crippen LogP contribution is 1.97. The molecule has 1 N–H and O–H groups in total. The van der Waals surface area contributed by atoms with E-state index in [0.717, 1.165) is 45.9 Å². The van der Waals surface area contributed by atoms with Gasteiger partial charge < -0.3 is 19.7 Å². The molecule has 0 aromatic rings. The van der Waals surface area contributed by atoms with E-state index in [1.807, 2.05) is 0 Å². The summed E-state index contributed by atoms with van der Waals surface area (Å²) in [5, 5.41) is 3.28. The van der Waals surface area contributed by atoms with Crippen molar-refractivity contribution < 1.29 is 9.47 Å². The molecule has 0 aromatic carbocycles. The van der Waals surface area contributed by atoms with Crippen LogP contribution >= 0.6 is 0 Å². The van der Waals surface area contributed by atoms with E-state index in [1.54, 1.807) is 0 Å². The first kappa shape index (κ1) is 11.9. The van der Waals surface area contributed by atoms with Gasteiger partial charge in [-0.15, -0.1) is 0 Å². The number of rotatable bonds is 6. The van der Waals surface area contributed by atoms with Crippen molar-refractivity contribution in [2.75, 3.05) is 53.6 Å². The normalized spacial score (nSPS) is 22.9. The fraction of sp³-hybridized carbons (Fsp3) is 1.00. The minimum atomic E-state index is 0.253. The van der Waals surface area contributed by atoms with Crippen LogP contribution in [0.4, 0.5) is 0 Å². The molecule has 0 aromatic heterocycles. The minimum Gasteiger partial charge on any atom is -0.379 e. The van der Waals surface area contributed by atoms with Crippen molar-refractivity contribution in [3.63, 3.8) is 0 Å². The van der Waals surface area contributed by atoms with Crippen molar-refractivity contribution in [3.05, 3.63) is 0 Å². The molecule has 1 unspecified atom stereocenters. The van der Waals surface area contributed by atoms with E-state index in [1.165, 1.54) is 0 Å². The molecule has 84 valence electrons. The molecule has 4 nitrogen and oxygen atoms in total. The Balaban J connectivity index is 1.87. The van der Waals surface area contributed by atoms with E-state index >= 15 is 0 Å². The first-order valence-electron chi connectivity index (χ1n) is 5.34. The summed E-state index contributed by atoms with van der Waals surface area (Å²) in [5.41, 5.74) is 0. The molecule has 4 heteroatoms. The van der Waals surface area contributed by atoms with Crippen LogP contribution < -0.4 is 5.32 Å². The lowest BCUT2D eigenvalue weighted by atomic mass is 10.3. The maximum Gasteiger partial charge on any atom is 0.0933 e. The van der Waals surface area contributed by atoms with Gasteiger partial charge in [0, 0.05) is 19.7 Å². The van der Waals surface area contributed by atoms with Crippen LogP contribution in [0.1, 0.15) is 6.42 Å². The molecule has 0 amide bonds. The quantitative estimate of drug-likeness (QED) is 0.612. The number of hydrogen-bond acceptors (Lipinski definition) is 4. The lowest BCUT2D eigenvalue weighted by molar-refractivity contribution is -0.0322. The average molecular weight is 202 g/mol. The minimum absolute atomic E-state index is 0.253. The summed E-state index contributed by atoms with van der Waals surface area (Å²) >= 11 is 0. The molecule has 0 spiro atoms. The summed E-state index contributed by atoms with van der Waals surface area (Å²) in [7, 11) is 4.16. The SMILES string of the molecule is CN(C)CCCOCC1CNCCO1. The Bertz CT molecular complexity index is 136. The van der Waals surface area contributed by atoms with Crippen LogP contribution in [0.2, 0.25) is 0 Å². The molecule has 1 atom stereocenters. The Hall–Kier alpha value is -0.160. The van der Waals surface area contributed by atoms with Crippen LogP contribution in [0, 0.1) is 0 Å². The average Bonchev–Trinajstić information content (AvgIpc) is 2.18. The van der Waals surface area contributed by atoms with Crippen molar-refractivity contribution in [2.24, 2.45) is 0 Å². The van der Waals surface area contributed by atoms with E-state index in [0.29, 0.717) is 0 Å². The highest BCUT2D eigenvalue weighted by molar-refractivity contribution is 4.65. The van der Waals surface area contributed by atoms with E-state index in [2.05, 4.69) is 24.3 Å². The van der Waals surface area contributed by atoms with Crippen molar-refractivity contribution in [1.82, 2.24) is 10.2 Å². The second-order valence-corrected chi connectivity index (χ2v) is 3.93. The number of hydrogen-bond donors (Lipinski definition) is 1. The summed E-state index contributed by atoms with van der Waals surface area (Å²) in [5.74, 6) is 0. The summed E-state index contributed by atoms with van der Waals surface area (Å²) in [6.45, 7) is 5.35.